The van der Waals surface area contributed by atoms with Crippen molar-refractivity contribution >= 4 is 11.6 Å². The Morgan fingerprint density at radius 1 is 0.571 bits per heavy atom. The molecule has 0 aromatic heterocycles. The molecule has 0 radical (unpaired) electrons. The van der Waals surface area contributed by atoms with Crippen molar-refractivity contribution < 1.29 is 5.11 Å². The number of phenols is 1. The zero-order chi connectivity index (χ0) is 19.6. The molecule has 0 heterocycles. The fraction of sp³-hybridized carbons (Fsp3) is 0.0370. The van der Waals surface area contributed by atoms with Gasteiger partial charge in [-0.1, -0.05) is 109 Å². The second kappa shape index (κ2) is 9.94. The molecule has 0 amide bonds. The topological polar surface area (TPSA) is 20.2 Å². The van der Waals surface area contributed by atoms with Gasteiger partial charge in [0.1, 0.15) is 5.75 Å². The highest BCUT2D eigenvalue weighted by molar-refractivity contribution is 5.91. The summed E-state index contributed by atoms with van der Waals surface area (Å²) in [7, 11) is 0. The number of rotatable bonds is 3. The Hall–Kier alpha value is -3.58. The van der Waals surface area contributed by atoms with Crippen LogP contribution in [-0.4, -0.2) is 5.11 Å². The Morgan fingerprint density at radius 3 is 1.43 bits per heavy atom. The first kappa shape index (κ1) is 19.2. The number of hydrogen-bond acceptors (Lipinski definition) is 1. The smallest absolute Gasteiger partial charge is 0.115 e. The van der Waals surface area contributed by atoms with E-state index >= 15 is 0 Å². The average molecular weight is 364 g/mol. The quantitative estimate of drug-likeness (QED) is 0.389. The highest BCUT2D eigenvalue weighted by Crippen LogP contribution is 2.25. The van der Waals surface area contributed by atoms with Crippen LogP contribution in [0.2, 0.25) is 0 Å². The van der Waals surface area contributed by atoms with Crippen molar-refractivity contribution in [3.05, 3.63) is 138 Å². The van der Waals surface area contributed by atoms with Crippen LogP contribution < -0.4 is 0 Å². The first-order valence-electron chi connectivity index (χ1n) is 9.35. The van der Waals surface area contributed by atoms with Gasteiger partial charge < -0.3 is 5.11 Å². The molecule has 0 aliphatic rings. The lowest BCUT2D eigenvalue weighted by Crippen LogP contribution is -1.87. The van der Waals surface area contributed by atoms with Gasteiger partial charge in [-0.3, -0.25) is 0 Å². The molecular formula is C27H24O. The maximum absolute atomic E-state index is 8.76. The minimum atomic E-state index is 0.329. The van der Waals surface area contributed by atoms with Gasteiger partial charge in [0.15, 0.2) is 0 Å². The maximum atomic E-state index is 8.76. The van der Waals surface area contributed by atoms with Crippen LogP contribution in [0.5, 0.6) is 5.75 Å². The molecule has 0 bridgehead atoms. The zero-order valence-corrected chi connectivity index (χ0v) is 16.0. The summed E-state index contributed by atoms with van der Waals surface area (Å²) in [6.45, 7) is 1.99. The van der Waals surface area contributed by atoms with Crippen LogP contribution in [0.15, 0.2) is 115 Å². The SMILES string of the molecule is C(=C(c1ccccc1)c1ccccc1)c1ccccc1.Cc1ccc(O)cc1. The number of aryl methyl sites for hydroxylation is 1. The normalized spacial score (nSPS) is 9.75. The molecule has 4 aromatic carbocycles. The molecule has 0 fully saturated rings. The lowest BCUT2D eigenvalue weighted by molar-refractivity contribution is 0.475. The molecule has 1 heteroatoms. The van der Waals surface area contributed by atoms with Gasteiger partial charge in [0, 0.05) is 0 Å². The molecule has 0 spiro atoms. The van der Waals surface area contributed by atoms with E-state index in [0.29, 0.717) is 5.75 Å². The van der Waals surface area contributed by atoms with Crippen LogP contribution in [0.4, 0.5) is 0 Å². The van der Waals surface area contributed by atoms with Crippen LogP contribution >= 0.6 is 0 Å². The molecule has 1 N–H and O–H groups in total. The molecule has 4 aromatic rings. The van der Waals surface area contributed by atoms with Crippen LogP contribution in [0.25, 0.3) is 11.6 Å². The monoisotopic (exact) mass is 364 g/mol. The van der Waals surface area contributed by atoms with Crippen molar-refractivity contribution in [2.75, 3.05) is 0 Å². The van der Waals surface area contributed by atoms with Crippen LogP contribution in [-0.2, 0) is 0 Å². The minimum Gasteiger partial charge on any atom is -0.508 e. The van der Waals surface area contributed by atoms with Crippen molar-refractivity contribution in [2.45, 2.75) is 6.92 Å². The van der Waals surface area contributed by atoms with Crippen LogP contribution in [0.3, 0.4) is 0 Å². The van der Waals surface area contributed by atoms with E-state index in [2.05, 4.69) is 91.0 Å². The minimum absolute atomic E-state index is 0.329. The third-order valence-electron chi connectivity index (χ3n) is 4.31. The predicted molar refractivity (Wildman–Crippen MR) is 119 cm³/mol. The van der Waals surface area contributed by atoms with Gasteiger partial charge in [0.2, 0.25) is 0 Å². The lowest BCUT2D eigenvalue weighted by atomic mass is 9.96. The Bertz CT molecular complexity index is 924. The summed E-state index contributed by atoms with van der Waals surface area (Å²) >= 11 is 0. The van der Waals surface area contributed by atoms with E-state index in [1.807, 2.05) is 25.1 Å². The van der Waals surface area contributed by atoms with Crippen molar-refractivity contribution in [2.24, 2.45) is 0 Å². The number of aromatic hydroxyl groups is 1. The van der Waals surface area contributed by atoms with Gasteiger partial charge in [0.25, 0.3) is 0 Å². The molecule has 1 nitrogen and oxygen atoms in total. The van der Waals surface area contributed by atoms with Gasteiger partial charge >= 0.3 is 0 Å². The number of benzene rings is 4. The van der Waals surface area contributed by atoms with E-state index in [0.717, 1.165) is 0 Å². The Morgan fingerprint density at radius 2 is 1.00 bits per heavy atom. The average Bonchev–Trinajstić information content (AvgIpc) is 2.76. The molecule has 0 unspecified atom stereocenters. The second-order valence-corrected chi connectivity index (χ2v) is 6.54. The van der Waals surface area contributed by atoms with Gasteiger partial charge in [-0.15, -0.1) is 0 Å². The fourth-order valence-electron chi connectivity index (χ4n) is 2.83. The van der Waals surface area contributed by atoms with Crippen molar-refractivity contribution in [1.29, 1.82) is 0 Å². The third kappa shape index (κ3) is 5.72. The highest BCUT2D eigenvalue weighted by atomic mass is 16.3. The number of hydrogen-bond donors (Lipinski definition) is 1. The third-order valence-corrected chi connectivity index (χ3v) is 4.31. The molecule has 0 aliphatic heterocycles. The first-order chi connectivity index (χ1) is 13.7. The van der Waals surface area contributed by atoms with Crippen LogP contribution in [0.1, 0.15) is 22.3 Å². The Kier molecular flexibility index (Phi) is 6.81. The first-order valence-corrected chi connectivity index (χ1v) is 9.35. The Labute approximate surface area is 167 Å². The summed E-state index contributed by atoms with van der Waals surface area (Å²) in [5.41, 5.74) is 6.11. The fourth-order valence-corrected chi connectivity index (χ4v) is 2.83. The second-order valence-electron chi connectivity index (χ2n) is 6.54. The van der Waals surface area contributed by atoms with Crippen molar-refractivity contribution in [3.8, 4) is 5.75 Å². The van der Waals surface area contributed by atoms with Gasteiger partial charge in [-0.05, 0) is 47.4 Å². The van der Waals surface area contributed by atoms with E-state index in [1.165, 1.54) is 27.8 Å². The molecule has 0 saturated heterocycles. The summed E-state index contributed by atoms with van der Waals surface area (Å²) < 4.78 is 0. The summed E-state index contributed by atoms with van der Waals surface area (Å²) in [4.78, 5) is 0. The van der Waals surface area contributed by atoms with Crippen LogP contribution in [0, 0.1) is 6.92 Å². The van der Waals surface area contributed by atoms with E-state index in [9.17, 15) is 0 Å². The predicted octanol–water partition coefficient (Wildman–Crippen LogP) is 6.98. The molecule has 0 aliphatic carbocycles. The van der Waals surface area contributed by atoms with Crippen molar-refractivity contribution in [1.82, 2.24) is 0 Å². The van der Waals surface area contributed by atoms with E-state index in [4.69, 9.17) is 5.11 Å². The van der Waals surface area contributed by atoms with Crippen molar-refractivity contribution in [3.63, 3.8) is 0 Å². The van der Waals surface area contributed by atoms with Gasteiger partial charge in [0.05, 0.1) is 0 Å². The molecule has 28 heavy (non-hydrogen) atoms. The van der Waals surface area contributed by atoms with E-state index in [-0.39, 0.29) is 0 Å². The standard InChI is InChI=1S/C20H16.C7H8O/c1-4-10-17(11-5-1)16-20(18-12-6-2-7-13-18)19-14-8-3-9-15-19;1-6-2-4-7(8)5-3-6/h1-16H;2-5,8H,1H3. The summed E-state index contributed by atoms with van der Waals surface area (Å²) in [5.74, 6) is 0.329. The molecule has 0 saturated carbocycles. The van der Waals surface area contributed by atoms with Gasteiger partial charge in [-0.2, -0.15) is 0 Å². The maximum Gasteiger partial charge on any atom is 0.115 e. The zero-order valence-electron chi connectivity index (χ0n) is 16.0. The molecule has 0 atom stereocenters. The molecule has 4 rings (SSSR count). The number of phenolic OH excluding ortho intramolecular Hbond substituents is 1. The summed E-state index contributed by atoms with van der Waals surface area (Å²) in [6, 6.07) is 38.6. The van der Waals surface area contributed by atoms with Gasteiger partial charge in [-0.25, -0.2) is 0 Å². The lowest BCUT2D eigenvalue weighted by Gasteiger charge is -2.08. The molecule has 138 valence electrons. The van der Waals surface area contributed by atoms with E-state index < -0.39 is 0 Å². The largest absolute Gasteiger partial charge is 0.508 e. The van der Waals surface area contributed by atoms with E-state index in [1.54, 1.807) is 12.1 Å². The highest BCUT2D eigenvalue weighted by Gasteiger charge is 2.04. The molecular weight excluding hydrogens is 340 g/mol. The Balaban J connectivity index is 0.000000236. The summed E-state index contributed by atoms with van der Waals surface area (Å²) in [5, 5.41) is 8.76. The summed E-state index contributed by atoms with van der Waals surface area (Å²) in [6.07, 6.45) is 2.24.